The zero-order chi connectivity index (χ0) is 25.8. The highest BCUT2D eigenvalue weighted by atomic mass is 16.5. The van der Waals surface area contributed by atoms with Gasteiger partial charge in [-0.1, -0.05) is 12.1 Å². The van der Waals surface area contributed by atoms with Crippen molar-refractivity contribution in [3.05, 3.63) is 69.6 Å². The first-order chi connectivity index (χ1) is 16.4. The average Bonchev–Trinajstić information content (AvgIpc) is 3.09. The number of carbonyl (C=O) groups excluding carboxylic acids is 3. The summed E-state index contributed by atoms with van der Waals surface area (Å²) in [6, 6.07) is 5.97. The molecule has 0 bridgehead atoms. The standard InChI is InChI=1S/C26H25NO8/c1-11-22(32)20(13(3)28)24-21(23(11)33)26(4)18(35-24)9-16(30)19(25(26)34)12(2)27-10-17(31)14-5-7-15(29)8-6-14/h5-9,17,27,29,31-33H,10H2,1-4H3/b19-12+/t17?,26-/m1/s1. The molecule has 2 aliphatic rings. The fourth-order valence-electron chi connectivity index (χ4n) is 4.51. The van der Waals surface area contributed by atoms with Crippen LogP contribution in [-0.4, -0.2) is 44.3 Å². The number of Topliss-reactive ketones (excluding diaryl/α,β-unsaturated/α-hetero) is 2. The third kappa shape index (κ3) is 3.55. The molecule has 2 aromatic carbocycles. The Morgan fingerprint density at radius 3 is 2.31 bits per heavy atom. The largest absolute Gasteiger partial charge is 0.508 e. The summed E-state index contributed by atoms with van der Waals surface area (Å²) in [5, 5.41) is 44.0. The fraction of sp³-hybridized carbons (Fsp3) is 0.269. The number of hydrogen-bond acceptors (Lipinski definition) is 9. The minimum Gasteiger partial charge on any atom is -0.508 e. The highest BCUT2D eigenvalue weighted by molar-refractivity contribution is 6.31. The van der Waals surface area contributed by atoms with Gasteiger partial charge in [-0.2, -0.15) is 0 Å². The van der Waals surface area contributed by atoms with E-state index in [1.165, 1.54) is 39.8 Å². The van der Waals surface area contributed by atoms with Gasteiger partial charge in [0, 0.05) is 23.9 Å². The zero-order valence-corrected chi connectivity index (χ0v) is 19.6. The van der Waals surface area contributed by atoms with Crippen LogP contribution in [0.25, 0.3) is 0 Å². The van der Waals surface area contributed by atoms with E-state index in [1.54, 1.807) is 12.1 Å². The molecule has 2 aromatic rings. The van der Waals surface area contributed by atoms with Crippen LogP contribution in [0, 0.1) is 6.92 Å². The van der Waals surface area contributed by atoms with Gasteiger partial charge in [-0.3, -0.25) is 14.4 Å². The topological polar surface area (TPSA) is 153 Å². The van der Waals surface area contributed by atoms with E-state index in [-0.39, 0.29) is 51.8 Å². The maximum Gasteiger partial charge on any atom is 0.194 e. The Labute approximate surface area is 201 Å². The predicted molar refractivity (Wildman–Crippen MR) is 124 cm³/mol. The van der Waals surface area contributed by atoms with Crippen molar-refractivity contribution in [3.8, 4) is 23.0 Å². The Hall–Kier alpha value is -4.11. The zero-order valence-electron chi connectivity index (χ0n) is 19.6. The van der Waals surface area contributed by atoms with Gasteiger partial charge in [-0.05, 0) is 45.4 Å². The summed E-state index contributed by atoms with van der Waals surface area (Å²) in [4.78, 5) is 38.9. The number of ether oxygens (including phenoxy) is 1. The molecule has 5 N–H and O–H groups in total. The van der Waals surface area contributed by atoms with Gasteiger partial charge in [-0.25, -0.2) is 0 Å². The molecule has 1 aliphatic heterocycles. The molecular formula is C26H25NO8. The molecule has 182 valence electrons. The van der Waals surface area contributed by atoms with E-state index in [0.29, 0.717) is 5.56 Å². The second-order valence-corrected chi connectivity index (χ2v) is 8.87. The number of hydrogen-bond donors (Lipinski definition) is 5. The number of benzene rings is 2. The number of ketones is 3. The number of phenolic OH excluding ortho intramolecular Hbond substituents is 3. The number of aliphatic hydroxyl groups is 1. The van der Waals surface area contributed by atoms with E-state index in [4.69, 9.17) is 4.74 Å². The Morgan fingerprint density at radius 2 is 1.71 bits per heavy atom. The minimum atomic E-state index is -1.61. The van der Waals surface area contributed by atoms with Crippen molar-refractivity contribution in [1.82, 2.24) is 5.32 Å². The van der Waals surface area contributed by atoms with Gasteiger partial charge < -0.3 is 30.5 Å². The first-order valence-electron chi connectivity index (χ1n) is 10.9. The SMILES string of the molecule is CC(=O)c1c(O)c(C)c(O)c2c1OC1=CC(=O)/C(=C(/C)NCC(O)c3ccc(O)cc3)C(=O)[C@]12C. The molecule has 4 rings (SSSR count). The van der Waals surface area contributed by atoms with Crippen LogP contribution in [0.15, 0.2) is 47.4 Å². The molecular weight excluding hydrogens is 454 g/mol. The molecule has 0 saturated carbocycles. The minimum absolute atomic E-state index is 0.0103. The molecule has 0 amide bonds. The Kier molecular flexibility index (Phi) is 5.68. The summed E-state index contributed by atoms with van der Waals surface area (Å²) >= 11 is 0. The molecule has 0 fully saturated rings. The lowest BCUT2D eigenvalue weighted by molar-refractivity contribution is -0.123. The van der Waals surface area contributed by atoms with E-state index < -0.39 is 40.4 Å². The Balaban J connectivity index is 1.75. The average molecular weight is 479 g/mol. The summed E-state index contributed by atoms with van der Waals surface area (Å²) in [7, 11) is 0. The van der Waals surface area contributed by atoms with Gasteiger partial charge in [0.2, 0.25) is 0 Å². The van der Waals surface area contributed by atoms with Crippen molar-refractivity contribution < 1.29 is 39.5 Å². The summed E-state index contributed by atoms with van der Waals surface area (Å²) in [6.45, 7) is 5.62. The lowest BCUT2D eigenvalue weighted by Crippen LogP contribution is -2.41. The molecule has 1 unspecified atom stereocenters. The molecule has 0 aromatic heterocycles. The van der Waals surface area contributed by atoms with Crippen LogP contribution in [0.5, 0.6) is 23.0 Å². The summed E-state index contributed by atoms with van der Waals surface area (Å²) in [6.07, 6.45) is 0.151. The van der Waals surface area contributed by atoms with Crippen molar-refractivity contribution >= 4 is 17.3 Å². The van der Waals surface area contributed by atoms with Crippen molar-refractivity contribution in [3.63, 3.8) is 0 Å². The lowest BCUT2D eigenvalue weighted by atomic mass is 9.70. The normalized spacial score (nSPS) is 21.0. The highest BCUT2D eigenvalue weighted by Crippen LogP contribution is 2.57. The number of phenols is 3. The first-order valence-corrected chi connectivity index (χ1v) is 10.9. The van der Waals surface area contributed by atoms with Gasteiger partial charge in [-0.15, -0.1) is 0 Å². The maximum absolute atomic E-state index is 13.7. The van der Waals surface area contributed by atoms with Crippen molar-refractivity contribution in [2.75, 3.05) is 6.54 Å². The van der Waals surface area contributed by atoms with Gasteiger partial charge in [0.25, 0.3) is 0 Å². The van der Waals surface area contributed by atoms with Gasteiger partial charge in [0.05, 0.1) is 17.2 Å². The molecule has 0 saturated heterocycles. The predicted octanol–water partition coefficient (Wildman–Crippen LogP) is 2.60. The molecule has 0 spiro atoms. The van der Waals surface area contributed by atoms with Crippen LogP contribution in [-0.2, 0) is 15.0 Å². The third-order valence-corrected chi connectivity index (χ3v) is 6.60. The Morgan fingerprint density at radius 1 is 1.09 bits per heavy atom. The van der Waals surface area contributed by atoms with E-state index in [1.807, 2.05) is 0 Å². The highest BCUT2D eigenvalue weighted by Gasteiger charge is 2.56. The smallest absolute Gasteiger partial charge is 0.194 e. The number of aliphatic hydroxyl groups excluding tert-OH is 1. The molecule has 0 radical (unpaired) electrons. The van der Waals surface area contributed by atoms with Gasteiger partial charge in [0.1, 0.15) is 39.7 Å². The van der Waals surface area contributed by atoms with E-state index >= 15 is 0 Å². The van der Waals surface area contributed by atoms with Crippen LogP contribution < -0.4 is 10.1 Å². The van der Waals surface area contributed by atoms with Crippen LogP contribution in [0.3, 0.4) is 0 Å². The van der Waals surface area contributed by atoms with Crippen LogP contribution in [0.2, 0.25) is 0 Å². The first kappa shape index (κ1) is 24.0. The van der Waals surface area contributed by atoms with Crippen molar-refractivity contribution in [2.24, 2.45) is 0 Å². The van der Waals surface area contributed by atoms with E-state index in [2.05, 4.69) is 5.32 Å². The van der Waals surface area contributed by atoms with Gasteiger partial charge >= 0.3 is 0 Å². The van der Waals surface area contributed by atoms with Gasteiger partial charge in [0.15, 0.2) is 17.3 Å². The second-order valence-electron chi connectivity index (χ2n) is 8.87. The maximum atomic E-state index is 13.7. The van der Waals surface area contributed by atoms with Crippen LogP contribution in [0.4, 0.5) is 0 Å². The van der Waals surface area contributed by atoms with Crippen LogP contribution in [0.1, 0.15) is 53.9 Å². The quantitative estimate of drug-likeness (QED) is 0.247. The van der Waals surface area contributed by atoms with E-state index in [0.717, 1.165) is 6.08 Å². The van der Waals surface area contributed by atoms with Crippen LogP contribution >= 0.6 is 0 Å². The number of carbonyl (C=O) groups is 3. The van der Waals surface area contributed by atoms with Crippen molar-refractivity contribution in [1.29, 1.82) is 0 Å². The number of allylic oxidation sites excluding steroid dienone is 4. The van der Waals surface area contributed by atoms with Crippen molar-refractivity contribution in [2.45, 2.75) is 39.2 Å². The second kappa shape index (κ2) is 8.28. The summed E-state index contributed by atoms with van der Waals surface area (Å²) in [5.74, 6) is -2.81. The summed E-state index contributed by atoms with van der Waals surface area (Å²) < 4.78 is 5.73. The molecule has 1 heterocycles. The molecule has 1 aliphatic carbocycles. The number of aromatic hydroxyl groups is 3. The fourth-order valence-corrected chi connectivity index (χ4v) is 4.51. The third-order valence-electron chi connectivity index (χ3n) is 6.60. The lowest BCUT2D eigenvalue weighted by Gasteiger charge is -2.29. The Bertz CT molecular complexity index is 1350. The summed E-state index contributed by atoms with van der Waals surface area (Å²) in [5.41, 5.74) is -1.20. The monoisotopic (exact) mass is 479 g/mol. The number of nitrogens with one attached hydrogen (secondary N) is 1. The molecule has 2 atom stereocenters. The molecule has 9 nitrogen and oxygen atoms in total. The molecule has 35 heavy (non-hydrogen) atoms. The molecule has 9 heteroatoms. The van der Waals surface area contributed by atoms with E-state index in [9.17, 15) is 34.8 Å². The number of rotatable bonds is 5. The number of fused-ring (bicyclic) bond motifs is 3.